The molecule has 5 heteroatoms. The Kier molecular flexibility index (Phi) is 5.55. The predicted octanol–water partition coefficient (Wildman–Crippen LogP) is 1.32. The van der Waals surface area contributed by atoms with Gasteiger partial charge < -0.3 is 15.5 Å². The van der Waals surface area contributed by atoms with Crippen molar-refractivity contribution in [2.24, 2.45) is 5.92 Å². The second kappa shape index (κ2) is 7.40. The van der Waals surface area contributed by atoms with Gasteiger partial charge in [0, 0.05) is 26.1 Å². The van der Waals surface area contributed by atoms with E-state index in [1.165, 1.54) is 0 Å². The van der Waals surface area contributed by atoms with Crippen LogP contribution in [0, 0.1) is 5.92 Å². The Morgan fingerprint density at radius 1 is 1.36 bits per heavy atom. The van der Waals surface area contributed by atoms with Crippen molar-refractivity contribution in [1.82, 2.24) is 15.5 Å². The molecule has 1 aliphatic heterocycles. The van der Waals surface area contributed by atoms with Crippen molar-refractivity contribution >= 4 is 11.8 Å². The first-order chi connectivity index (χ1) is 10.5. The Balaban J connectivity index is 2.16. The SMILES string of the molecule is CNC(C)CNC(=O)C1CCC(=O)N(C)C1c1ccccc1. The third-order valence-corrected chi connectivity index (χ3v) is 4.41. The number of carbonyl (C=O) groups excluding carboxylic acids is 2. The fourth-order valence-electron chi connectivity index (χ4n) is 2.91. The molecule has 5 nitrogen and oxygen atoms in total. The van der Waals surface area contributed by atoms with Crippen LogP contribution in [0.4, 0.5) is 0 Å². The zero-order chi connectivity index (χ0) is 16.1. The van der Waals surface area contributed by atoms with E-state index in [0.29, 0.717) is 19.4 Å². The topological polar surface area (TPSA) is 61.4 Å². The number of carbonyl (C=O) groups is 2. The fourth-order valence-corrected chi connectivity index (χ4v) is 2.91. The van der Waals surface area contributed by atoms with Gasteiger partial charge in [0.05, 0.1) is 12.0 Å². The lowest BCUT2D eigenvalue weighted by molar-refractivity contribution is -0.141. The summed E-state index contributed by atoms with van der Waals surface area (Å²) in [7, 11) is 3.66. The van der Waals surface area contributed by atoms with E-state index < -0.39 is 0 Å². The smallest absolute Gasteiger partial charge is 0.225 e. The predicted molar refractivity (Wildman–Crippen MR) is 86.2 cm³/mol. The van der Waals surface area contributed by atoms with E-state index in [4.69, 9.17) is 0 Å². The number of likely N-dealkylation sites (N-methyl/N-ethyl adjacent to an activating group) is 1. The number of nitrogens with one attached hydrogen (secondary N) is 2. The molecule has 2 rings (SSSR count). The molecule has 3 unspecified atom stereocenters. The van der Waals surface area contributed by atoms with Crippen LogP contribution >= 0.6 is 0 Å². The molecule has 0 aromatic heterocycles. The molecule has 0 saturated carbocycles. The normalized spacial score (nSPS) is 23.2. The van der Waals surface area contributed by atoms with Gasteiger partial charge in [-0.3, -0.25) is 9.59 Å². The number of rotatable bonds is 5. The largest absolute Gasteiger partial charge is 0.354 e. The number of hydrogen-bond donors (Lipinski definition) is 2. The highest BCUT2D eigenvalue weighted by Crippen LogP contribution is 2.35. The number of amides is 2. The monoisotopic (exact) mass is 303 g/mol. The minimum atomic E-state index is -0.200. The van der Waals surface area contributed by atoms with Crippen LogP contribution in [0.15, 0.2) is 30.3 Å². The van der Waals surface area contributed by atoms with Crippen molar-refractivity contribution < 1.29 is 9.59 Å². The lowest BCUT2D eigenvalue weighted by Gasteiger charge is -2.38. The molecule has 0 aliphatic carbocycles. The Bertz CT molecular complexity index is 518. The Labute approximate surface area is 132 Å². The Hall–Kier alpha value is -1.88. The van der Waals surface area contributed by atoms with Gasteiger partial charge in [0.1, 0.15) is 0 Å². The van der Waals surface area contributed by atoms with Gasteiger partial charge in [-0.2, -0.15) is 0 Å². The summed E-state index contributed by atoms with van der Waals surface area (Å²) in [5.41, 5.74) is 1.01. The summed E-state index contributed by atoms with van der Waals surface area (Å²) in [5, 5.41) is 6.10. The molecular formula is C17H25N3O2. The van der Waals surface area contributed by atoms with E-state index in [0.717, 1.165) is 5.56 Å². The van der Waals surface area contributed by atoms with E-state index in [1.54, 1.807) is 11.9 Å². The quantitative estimate of drug-likeness (QED) is 0.862. The van der Waals surface area contributed by atoms with Crippen molar-refractivity contribution in [3.05, 3.63) is 35.9 Å². The van der Waals surface area contributed by atoms with Gasteiger partial charge in [0.25, 0.3) is 0 Å². The molecule has 2 N–H and O–H groups in total. The molecule has 0 bridgehead atoms. The van der Waals surface area contributed by atoms with E-state index >= 15 is 0 Å². The third kappa shape index (κ3) is 3.65. The average Bonchev–Trinajstić information content (AvgIpc) is 2.55. The summed E-state index contributed by atoms with van der Waals surface area (Å²) >= 11 is 0. The summed E-state index contributed by atoms with van der Waals surface area (Å²) in [6.07, 6.45) is 1.03. The number of hydrogen-bond acceptors (Lipinski definition) is 3. The average molecular weight is 303 g/mol. The maximum absolute atomic E-state index is 12.6. The van der Waals surface area contributed by atoms with Gasteiger partial charge in [0.15, 0.2) is 0 Å². The second-order valence-electron chi connectivity index (χ2n) is 5.94. The molecule has 0 spiro atoms. The van der Waals surface area contributed by atoms with Crippen LogP contribution in [-0.4, -0.2) is 43.4 Å². The van der Waals surface area contributed by atoms with Gasteiger partial charge in [-0.25, -0.2) is 0 Å². The summed E-state index contributed by atoms with van der Waals surface area (Å²) in [4.78, 5) is 26.3. The minimum absolute atomic E-state index is 0.0234. The Morgan fingerprint density at radius 3 is 2.68 bits per heavy atom. The first-order valence-electron chi connectivity index (χ1n) is 7.80. The van der Waals surface area contributed by atoms with Gasteiger partial charge >= 0.3 is 0 Å². The van der Waals surface area contributed by atoms with Crippen molar-refractivity contribution in [2.45, 2.75) is 31.8 Å². The first-order valence-corrected chi connectivity index (χ1v) is 7.80. The maximum atomic E-state index is 12.6. The van der Waals surface area contributed by atoms with Crippen LogP contribution in [0.2, 0.25) is 0 Å². The number of likely N-dealkylation sites (tertiary alicyclic amines) is 1. The second-order valence-corrected chi connectivity index (χ2v) is 5.94. The highest BCUT2D eigenvalue weighted by Gasteiger charge is 2.38. The van der Waals surface area contributed by atoms with Crippen LogP contribution in [0.25, 0.3) is 0 Å². The van der Waals surface area contributed by atoms with Gasteiger partial charge in [-0.1, -0.05) is 30.3 Å². The van der Waals surface area contributed by atoms with Crippen LogP contribution in [-0.2, 0) is 9.59 Å². The number of piperidine rings is 1. The van der Waals surface area contributed by atoms with Crippen LogP contribution < -0.4 is 10.6 Å². The zero-order valence-electron chi connectivity index (χ0n) is 13.5. The molecule has 0 radical (unpaired) electrons. The van der Waals surface area contributed by atoms with Crippen LogP contribution in [0.5, 0.6) is 0 Å². The van der Waals surface area contributed by atoms with E-state index in [9.17, 15) is 9.59 Å². The highest BCUT2D eigenvalue weighted by molar-refractivity contribution is 5.84. The Morgan fingerprint density at radius 2 is 2.05 bits per heavy atom. The molecule has 3 atom stereocenters. The lowest BCUT2D eigenvalue weighted by Crippen LogP contribution is -2.48. The van der Waals surface area contributed by atoms with Crippen molar-refractivity contribution in [3.63, 3.8) is 0 Å². The summed E-state index contributed by atoms with van der Waals surface area (Å²) < 4.78 is 0. The number of nitrogens with zero attached hydrogens (tertiary/aromatic N) is 1. The molecule has 1 aliphatic rings. The third-order valence-electron chi connectivity index (χ3n) is 4.41. The minimum Gasteiger partial charge on any atom is -0.354 e. The summed E-state index contributed by atoms with van der Waals surface area (Å²) in [6.45, 7) is 2.61. The summed E-state index contributed by atoms with van der Waals surface area (Å²) in [6, 6.07) is 9.83. The van der Waals surface area contributed by atoms with Gasteiger partial charge in [-0.05, 0) is 26.0 Å². The molecule has 1 heterocycles. The molecule has 120 valence electrons. The first kappa shape index (κ1) is 16.5. The van der Waals surface area contributed by atoms with E-state index in [1.807, 2.05) is 44.3 Å². The van der Waals surface area contributed by atoms with Crippen LogP contribution in [0.3, 0.4) is 0 Å². The summed E-state index contributed by atoms with van der Waals surface area (Å²) in [5.74, 6) is -0.0778. The van der Waals surface area contributed by atoms with Crippen molar-refractivity contribution in [3.8, 4) is 0 Å². The maximum Gasteiger partial charge on any atom is 0.225 e. The lowest BCUT2D eigenvalue weighted by atomic mass is 9.84. The standard InChI is InChI=1S/C17H25N3O2/c1-12(18-2)11-19-17(22)14-9-10-15(21)20(3)16(14)13-7-5-4-6-8-13/h4-8,12,14,16,18H,9-11H2,1-3H3,(H,19,22). The number of benzene rings is 1. The highest BCUT2D eigenvalue weighted by atomic mass is 16.2. The van der Waals surface area contributed by atoms with E-state index in [-0.39, 0.29) is 29.8 Å². The molecule has 22 heavy (non-hydrogen) atoms. The molecular weight excluding hydrogens is 278 g/mol. The van der Waals surface area contributed by atoms with E-state index in [2.05, 4.69) is 10.6 Å². The molecule has 1 aromatic rings. The molecule has 1 saturated heterocycles. The van der Waals surface area contributed by atoms with Crippen molar-refractivity contribution in [1.29, 1.82) is 0 Å². The molecule has 1 aromatic carbocycles. The van der Waals surface area contributed by atoms with Gasteiger partial charge in [0.2, 0.25) is 11.8 Å². The van der Waals surface area contributed by atoms with Crippen LogP contribution in [0.1, 0.15) is 31.4 Å². The molecule has 2 amide bonds. The van der Waals surface area contributed by atoms with Crippen molar-refractivity contribution in [2.75, 3.05) is 20.6 Å². The zero-order valence-corrected chi connectivity index (χ0v) is 13.5. The molecule has 1 fully saturated rings. The van der Waals surface area contributed by atoms with Gasteiger partial charge in [-0.15, -0.1) is 0 Å². The fraction of sp³-hybridized carbons (Fsp3) is 0.529.